The lowest BCUT2D eigenvalue weighted by atomic mass is 10.0. The predicted octanol–water partition coefficient (Wildman–Crippen LogP) is 0.859. The van der Waals surface area contributed by atoms with E-state index in [4.69, 9.17) is 5.11 Å². The largest absolute Gasteiger partial charge is 0.396 e. The number of hydrogen-bond donors (Lipinski definition) is 2. The maximum Gasteiger partial charge on any atom is 0.0445 e. The SMILES string of the molecule is CC(C)C1C2CNC(CCO)C21. The number of aliphatic hydroxyl groups is 1. The van der Waals surface area contributed by atoms with Crippen LogP contribution in [0.25, 0.3) is 0 Å². The Bertz CT molecular complexity index is 169. The lowest BCUT2D eigenvalue weighted by molar-refractivity contribution is 0.257. The monoisotopic (exact) mass is 169 g/mol. The maximum atomic E-state index is 8.85. The summed E-state index contributed by atoms with van der Waals surface area (Å²) in [6.07, 6.45) is 0.949. The molecule has 1 aliphatic heterocycles. The molecule has 0 aromatic heterocycles. The van der Waals surface area contributed by atoms with Gasteiger partial charge in [-0.15, -0.1) is 0 Å². The van der Waals surface area contributed by atoms with Crippen LogP contribution in [0, 0.1) is 23.7 Å². The fourth-order valence-electron chi connectivity index (χ4n) is 3.06. The van der Waals surface area contributed by atoms with Gasteiger partial charge in [-0.1, -0.05) is 13.8 Å². The summed E-state index contributed by atoms with van der Waals surface area (Å²) in [5.41, 5.74) is 0. The minimum Gasteiger partial charge on any atom is -0.396 e. The Morgan fingerprint density at radius 1 is 1.50 bits per heavy atom. The molecule has 2 fully saturated rings. The van der Waals surface area contributed by atoms with Crippen molar-refractivity contribution in [2.75, 3.05) is 13.2 Å². The van der Waals surface area contributed by atoms with Crippen molar-refractivity contribution < 1.29 is 5.11 Å². The van der Waals surface area contributed by atoms with Crippen LogP contribution in [0.2, 0.25) is 0 Å². The molecule has 1 aliphatic carbocycles. The fraction of sp³-hybridized carbons (Fsp3) is 1.00. The third-order valence-electron chi connectivity index (χ3n) is 3.58. The summed E-state index contributed by atoms with van der Waals surface area (Å²) < 4.78 is 0. The van der Waals surface area contributed by atoms with Gasteiger partial charge in [-0.2, -0.15) is 0 Å². The molecule has 1 saturated carbocycles. The Morgan fingerprint density at radius 2 is 2.25 bits per heavy atom. The zero-order valence-electron chi connectivity index (χ0n) is 7.96. The van der Waals surface area contributed by atoms with Crippen LogP contribution in [0.3, 0.4) is 0 Å². The van der Waals surface area contributed by atoms with Crippen LogP contribution in [0.5, 0.6) is 0 Å². The van der Waals surface area contributed by atoms with Gasteiger partial charge in [0.1, 0.15) is 0 Å². The van der Waals surface area contributed by atoms with E-state index in [1.54, 1.807) is 0 Å². The van der Waals surface area contributed by atoms with Gasteiger partial charge < -0.3 is 10.4 Å². The van der Waals surface area contributed by atoms with Crippen molar-refractivity contribution in [3.8, 4) is 0 Å². The van der Waals surface area contributed by atoms with Crippen molar-refractivity contribution in [2.45, 2.75) is 26.3 Å². The molecule has 1 saturated heterocycles. The molecule has 2 heteroatoms. The molecule has 2 nitrogen and oxygen atoms in total. The van der Waals surface area contributed by atoms with Crippen LogP contribution in [0.1, 0.15) is 20.3 Å². The van der Waals surface area contributed by atoms with Crippen molar-refractivity contribution >= 4 is 0 Å². The highest BCUT2D eigenvalue weighted by molar-refractivity contribution is 5.09. The van der Waals surface area contributed by atoms with Crippen molar-refractivity contribution in [3.05, 3.63) is 0 Å². The van der Waals surface area contributed by atoms with Gasteiger partial charge in [0.15, 0.2) is 0 Å². The molecular weight excluding hydrogens is 150 g/mol. The van der Waals surface area contributed by atoms with Crippen LogP contribution in [-0.2, 0) is 0 Å². The molecular formula is C10H19NO. The minimum absolute atomic E-state index is 0.339. The summed E-state index contributed by atoms with van der Waals surface area (Å²) in [5.74, 6) is 3.60. The van der Waals surface area contributed by atoms with Crippen LogP contribution in [-0.4, -0.2) is 24.3 Å². The van der Waals surface area contributed by atoms with Crippen molar-refractivity contribution in [3.63, 3.8) is 0 Å². The Kier molecular flexibility index (Phi) is 2.13. The van der Waals surface area contributed by atoms with E-state index in [-0.39, 0.29) is 0 Å². The van der Waals surface area contributed by atoms with Crippen molar-refractivity contribution in [1.29, 1.82) is 0 Å². The van der Waals surface area contributed by atoms with E-state index in [1.807, 2.05) is 0 Å². The standard InChI is InChI=1S/C10H19NO/c1-6(2)9-7-5-11-8(3-4-12)10(7)9/h6-12H,3-5H2,1-2H3. The first-order valence-corrected chi connectivity index (χ1v) is 5.10. The van der Waals surface area contributed by atoms with Gasteiger partial charge in [0, 0.05) is 12.6 Å². The Hall–Kier alpha value is -0.0800. The summed E-state index contributed by atoms with van der Waals surface area (Å²) in [6.45, 7) is 6.17. The first kappa shape index (κ1) is 8.52. The first-order valence-electron chi connectivity index (χ1n) is 5.10. The zero-order chi connectivity index (χ0) is 8.72. The molecule has 2 aliphatic rings. The predicted molar refractivity (Wildman–Crippen MR) is 48.8 cm³/mol. The molecule has 0 aromatic rings. The van der Waals surface area contributed by atoms with E-state index in [9.17, 15) is 0 Å². The number of aliphatic hydroxyl groups excluding tert-OH is 1. The molecule has 12 heavy (non-hydrogen) atoms. The third kappa shape index (κ3) is 1.17. The van der Waals surface area contributed by atoms with Crippen molar-refractivity contribution in [2.24, 2.45) is 23.7 Å². The van der Waals surface area contributed by atoms with Gasteiger partial charge in [0.25, 0.3) is 0 Å². The quantitative estimate of drug-likeness (QED) is 0.656. The Morgan fingerprint density at radius 3 is 2.75 bits per heavy atom. The summed E-state index contributed by atoms with van der Waals surface area (Å²) in [7, 11) is 0. The highest BCUT2D eigenvalue weighted by Gasteiger charge is 2.58. The van der Waals surface area contributed by atoms with Crippen LogP contribution < -0.4 is 5.32 Å². The molecule has 70 valence electrons. The zero-order valence-corrected chi connectivity index (χ0v) is 7.96. The van der Waals surface area contributed by atoms with E-state index in [0.29, 0.717) is 12.6 Å². The molecule has 2 rings (SSSR count). The minimum atomic E-state index is 0.339. The van der Waals surface area contributed by atoms with Crippen LogP contribution in [0.4, 0.5) is 0 Å². The normalized spacial score (nSPS) is 45.0. The first-order chi connectivity index (χ1) is 5.75. The Balaban J connectivity index is 1.89. The summed E-state index contributed by atoms with van der Waals surface area (Å²) in [5, 5.41) is 12.3. The average molecular weight is 169 g/mol. The van der Waals surface area contributed by atoms with Gasteiger partial charge in [-0.25, -0.2) is 0 Å². The highest BCUT2D eigenvalue weighted by atomic mass is 16.3. The van der Waals surface area contributed by atoms with E-state index >= 15 is 0 Å². The number of piperidine rings is 1. The molecule has 2 N–H and O–H groups in total. The molecule has 4 unspecified atom stereocenters. The van der Waals surface area contributed by atoms with E-state index < -0.39 is 0 Å². The molecule has 0 aromatic carbocycles. The van der Waals surface area contributed by atoms with Crippen LogP contribution in [0.15, 0.2) is 0 Å². The second kappa shape index (κ2) is 3.00. The molecule has 0 bridgehead atoms. The average Bonchev–Trinajstić information content (AvgIpc) is 2.62. The second-order valence-electron chi connectivity index (χ2n) is 4.59. The molecule has 0 spiro atoms. The number of nitrogens with one attached hydrogen (secondary N) is 1. The fourth-order valence-corrected chi connectivity index (χ4v) is 3.06. The van der Waals surface area contributed by atoms with Crippen molar-refractivity contribution in [1.82, 2.24) is 5.32 Å². The maximum absolute atomic E-state index is 8.85. The lowest BCUT2D eigenvalue weighted by Gasteiger charge is -2.16. The van der Waals surface area contributed by atoms with E-state index in [1.165, 1.54) is 6.54 Å². The summed E-state index contributed by atoms with van der Waals surface area (Å²) >= 11 is 0. The summed E-state index contributed by atoms with van der Waals surface area (Å²) in [6, 6.07) is 0.618. The van der Waals surface area contributed by atoms with Gasteiger partial charge in [0.2, 0.25) is 0 Å². The van der Waals surface area contributed by atoms with E-state index in [0.717, 1.165) is 30.1 Å². The topological polar surface area (TPSA) is 32.3 Å². The van der Waals surface area contributed by atoms with Crippen LogP contribution >= 0.6 is 0 Å². The third-order valence-corrected chi connectivity index (χ3v) is 3.58. The van der Waals surface area contributed by atoms with Gasteiger partial charge in [-0.05, 0) is 36.6 Å². The second-order valence-corrected chi connectivity index (χ2v) is 4.59. The highest BCUT2D eigenvalue weighted by Crippen LogP contribution is 2.56. The van der Waals surface area contributed by atoms with Gasteiger partial charge in [0.05, 0.1) is 0 Å². The van der Waals surface area contributed by atoms with Gasteiger partial charge in [-0.3, -0.25) is 0 Å². The number of rotatable bonds is 3. The molecule has 0 radical (unpaired) electrons. The number of fused-ring (bicyclic) bond motifs is 1. The van der Waals surface area contributed by atoms with E-state index in [2.05, 4.69) is 19.2 Å². The molecule has 0 amide bonds. The Labute approximate surface area is 74.4 Å². The molecule has 1 heterocycles. The smallest absolute Gasteiger partial charge is 0.0445 e. The van der Waals surface area contributed by atoms with Gasteiger partial charge >= 0.3 is 0 Å². The number of hydrogen-bond acceptors (Lipinski definition) is 2. The summed E-state index contributed by atoms with van der Waals surface area (Å²) in [4.78, 5) is 0. The molecule has 4 atom stereocenters. The lowest BCUT2D eigenvalue weighted by Crippen LogP contribution is -2.30.